The first-order valence-electron chi connectivity index (χ1n) is 7.01. The molecule has 1 heterocycles. The second-order valence-corrected chi connectivity index (χ2v) is 6.08. The number of halogens is 2. The highest BCUT2D eigenvalue weighted by Gasteiger charge is 2.17. The highest BCUT2D eigenvalue weighted by molar-refractivity contribution is 9.10. The lowest BCUT2D eigenvalue weighted by molar-refractivity contribution is -0.148. The minimum absolute atomic E-state index is 0.330. The molecule has 1 amide bonds. The van der Waals surface area contributed by atoms with Gasteiger partial charge in [-0.1, -0.05) is 45.7 Å². The number of hydrogen-bond acceptors (Lipinski definition) is 4. The van der Waals surface area contributed by atoms with Crippen LogP contribution in [0.5, 0.6) is 0 Å². The summed E-state index contributed by atoms with van der Waals surface area (Å²) < 4.78 is 5.92. The van der Waals surface area contributed by atoms with Crippen LogP contribution in [-0.2, 0) is 14.3 Å². The minimum Gasteiger partial charge on any atom is -0.449 e. The number of esters is 1. The highest BCUT2D eigenvalue weighted by Crippen LogP contribution is 2.17. The second kappa shape index (κ2) is 8.61. The molecule has 2 aromatic rings. The van der Waals surface area contributed by atoms with Crippen molar-refractivity contribution in [2.24, 2.45) is 0 Å². The summed E-state index contributed by atoms with van der Waals surface area (Å²) in [4.78, 5) is 27.7. The van der Waals surface area contributed by atoms with Gasteiger partial charge in [0.25, 0.3) is 5.91 Å². The fourth-order valence-electron chi connectivity index (χ4n) is 1.71. The molecule has 7 heteroatoms. The van der Waals surface area contributed by atoms with E-state index >= 15 is 0 Å². The van der Waals surface area contributed by atoms with Gasteiger partial charge in [-0.2, -0.15) is 0 Å². The predicted octanol–water partition coefficient (Wildman–Crippen LogP) is 4.08. The van der Waals surface area contributed by atoms with Gasteiger partial charge in [-0.3, -0.25) is 4.79 Å². The Hall–Kier alpha value is -2.18. The number of carbonyl (C=O) groups is 2. The molecular formula is C17H14BrClN2O3. The molecule has 1 aromatic carbocycles. The molecule has 0 saturated heterocycles. The van der Waals surface area contributed by atoms with Crippen molar-refractivity contribution in [3.8, 4) is 0 Å². The zero-order valence-electron chi connectivity index (χ0n) is 12.7. The molecular weight excluding hydrogens is 396 g/mol. The number of nitrogens with zero attached hydrogens (tertiary/aromatic N) is 1. The summed E-state index contributed by atoms with van der Waals surface area (Å²) in [5.41, 5.74) is 0.830. The SMILES string of the molecule is C[C@@H](OC(=O)/C=C/c1ccccc1Br)C(=O)Nc1ccc(Cl)cn1. The Balaban J connectivity index is 1.90. The third-order valence-corrected chi connectivity index (χ3v) is 3.89. The average molecular weight is 410 g/mol. The van der Waals surface area contributed by atoms with E-state index in [9.17, 15) is 9.59 Å². The van der Waals surface area contributed by atoms with Gasteiger partial charge in [0.1, 0.15) is 5.82 Å². The fourth-order valence-corrected chi connectivity index (χ4v) is 2.24. The Morgan fingerprint density at radius 3 is 2.71 bits per heavy atom. The molecule has 5 nitrogen and oxygen atoms in total. The maximum Gasteiger partial charge on any atom is 0.331 e. The van der Waals surface area contributed by atoms with Crippen LogP contribution in [0.2, 0.25) is 5.02 Å². The number of hydrogen-bond donors (Lipinski definition) is 1. The largest absolute Gasteiger partial charge is 0.449 e. The molecule has 0 spiro atoms. The monoisotopic (exact) mass is 408 g/mol. The molecule has 24 heavy (non-hydrogen) atoms. The van der Waals surface area contributed by atoms with Gasteiger partial charge in [-0.25, -0.2) is 9.78 Å². The number of amides is 1. The van der Waals surface area contributed by atoms with Crippen LogP contribution < -0.4 is 5.32 Å². The summed E-state index contributed by atoms with van der Waals surface area (Å²) in [6, 6.07) is 10.6. The summed E-state index contributed by atoms with van der Waals surface area (Å²) in [7, 11) is 0. The van der Waals surface area contributed by atoms with Gasteiger partial charge < -0.3 is 10.1 Å². The van der Waals surface area contributed by atoms with E-state index in [1.54, 1.807) is 18.2 Å². The van der Waals surface area contributed by atoms with Crippen molar-refractivity contribution in [3.05, 3.63) is 63.7 Å². The quantitative estimate of drug-likeness (QED) is 0.597. The van der Waals surface area contributed by atoms with Crippen molar-refractivity contribution in [1.29, 1.82) is 0 Å². The van der Waals surface area contributed by atoms with Crippen LogP contribution in [0, 0.1) is 0 Å². The van der Waals surface area contributed by atoms with Crippen molar-refractivity contribution >= 4 is 51.3 Å². The number of carbonyl (C=O) groups excluding carboxylic acids is 2. The molecule has 0 unspecified atom stereocenters. The van der Waals surface area contributed by atoms with E-state index in [4.69, 9.17) is 16.3 Å². The van der Waals surface area contributed by atoms with E-state index in [0.29, 0.717) is 10.8 Å². The maximum atomic E-state index is 12.0. The number of pyridine rings is 1. The molecule has 0 saturated carbocycles. The van der Waals surface area contributed by atoms with Crippen molar-refractivity contribution < 1.29 is 14.3 Å². The maximum absolute atomic E-state index is 12.0. The summed E-state index contributed by atoms with van der Waals surface area (Å²) in [5.74, 6) is -0.763. The number of aromatic nitrogens is 1. The summed E-state index contributed by atoms with van der Waals surface area (Å²) in [6.45, 7) is 1.48. The Bertz CT molecular complexity index is 763. The number of ether oxygens (including phenoxy) is 1. The predicted molar refractivity (Wildman–Crippen MR) is 96.6 cm³/mol. The number of rotatable bonds is 5. The standard InChI is InChI=1S/C17H14BrClN2O3/c1-11(17(23)21-15-8-7-13(19)10-20-15)24-16(22)9-6-12-4-2-3-5-14(12)18/h2-11H,1H3,(H,20,21,23)/b9-6+/t11-/m1/s1. The molecule has 0 aliphatic heterocycles. The summed E-state index contributed by atoms with van der Waals surface area (Å²) in [6.07, 6.45) is 3.33. The van der Waals surface area contributed by atoms with E-state index in [0.717, 1.165) is 10.0 Å². The lowest BCUT2D eigenvalue weighted by atomic mass is 10.2. The van der Waals surface area contributed by atoms with E-state index in [1.165, 1.54) is 19.2 Å². The van der Waals surface area contributed by atoms with Crippen LogP contribution in [0.15, 0.2) is 53.1 Å². The van der Waals surface area contributed by atoms with Gasteiger partial charge in [0, 0.05) is 16.7 Å². The number of nitrogens with one attached hydrogen (secondary N) is 1. The van der Waals surface area contributed by atoms with Crippen LogP contribution in [0.4, 0.5) is 5.82 Å². The molecule has 2 rings (SSSR count). The molecule has 0 bridgehead atoms. The fraction of sp³-hybridized carbons (Fsp3) is 0.118. The Labute approximate surface area is 152 Å². The van der Waals surface area contributed by atoms with Crippen LogP contribution in [0.3, 0.4) is 0 Å². The molecule has 1 aromatic heterocycles. The van der Waals surface area contributed by atoms with Crippen LogP contribution in [0.1, 0.15) is 12.5 Å². The van der Waals surface area contributed by atoms with Crippen LogP contribution >= 0.6 is 27.5 Å². The van der Waals surface area contributed by atoms with E-state index in [2.05, 4.69) is 26.2 Å². The Morgan fingerprint density at radius 2 is 2.04 bits per heavy atom. The zero-order chi connectivity index (χ0) is 17.5. The van der Waals surface area contributed by atoms with Crippen molar-refractivity contribution in [2.45, 2.75) is 13.0 Å². The average Bonchev–Trinajstić information content (AvgIpc) is 2.56. The van der Waals surface area contributed by atoms with Gasteiger partial charge >= 0.3 is 5.97 Å². The minimum atomic E-state index is -0.959. The van der Waals surface area contributed by atoms with E-state index < -0.39 is 18.0 Å². The van der Waals surface area contributed by atoms with Gasteiger partial charge in [-0.15, -0.1) is 0 Å². The lowest BCUT2D eigenvalue weighted by Crippen LogP contribution is -2.29. The topological polar surface area (TPSA) is 68.3 Å². The molecule has 0 fully saturated rings. The smallest absolute Gasteiger partial charge is 0.331 e. The molecule has 1 atom stereocenters. The first kappa shape index (κ1) is 18.2. The van der Waals surface area contributed by atoms with Crippen molar-refractivity contribution in [3.63, 3.8) is 0 Å². The van der Waals surface area contributed by atoms with Gasteiger partial charge in [0.15, 0.2) is 6.10 Å². The van der Waals surface area contributed by atoms with Crippen molar-refractivity contribution in [2.75, 3.05) is 5.32 Å². The summed E-state index contributed by atoms with van der Waals surface area (Å²) >= 11 is 9.10. The third-order valence-electron chi connectivity index (χ3n) is 2.95. The molecule has 124 valence electrons. The van der Waals surface area contributed by atoms with Crippen LogP contribution in [0.25, 0.3) is 6.08 Å². The zero-order valence-corrected chi connectivity index (χ0v) is 15.0. The van der Waals surface area contributed by atoms with Gasteiger partial charge in [0.2, 0.25) is 0 Å². The first-order chi connectivity index (χ1) is 11.5. The van der Waals surface area contributed by atoms with Gasteiger partial charge in [-0.05, 0) is 36.8 Å². The molecule has 1 N–H and O–H groups in total. The first-order valence-corrected chi connectivity index (χ1v) is 8.18. The normalized spacial score (nSPS) is 12.0. The molecule has 0 radical (unpaired) electrons. The molecule has 0 aliphatic rings. The van der Waals surface area contributed by atoms with Gasteiger partial charge in [0.05, 0.1) is 5.02 Å². The molecule has 0 aliphatic carbocycles. The van der Waals surface area contributed by atoms with E-state index in [1.807, 2.05) is 24.3 Å². The Kier molecular flexibility index (Phi) is 6.52. The third kappa shape index (κ3) is 5.47. The van der Waals surface area contributed by atoms with Crippen molar-refractivity contribution in [1.82, 2.24) is 4.98 Å². The van der Waals surface area contributed by atoms with E-state index in [-0.39, 0.29) is 0 Å². The highest BCUT2D eigenvalue weighted by atomic mass is 79.9. The lowest BCUT2D eigenvalue weighted by Gasteiger charge is -2.11. The second-order valence-electron chi connectivity index (χ2n) is 4.78. The van der Waals surface area contributed by atoms with Crippen LogP contribution in [-0.4, -0.2) is 23.0 Å². The number of benzene rings is 1. The number of anilines is 1. The Morgan fingerprint density at radius 1 is 1.29 bits per heavy atom. The summed E-state index contributed by atoms with van der Waals surface area (Å²) in [5, 5.41) is 3.00.